The van der Waals surface area contributed by atoms with Crippen LogP contribution >= 0.6 is 0 Å². The molecule has 1 aliphatic heterocycles. The summed E-state index contributed by atoms with van der Waals surface area (Å²) < 4.78 is 16.7. The van der Waals surface area contributed by atoms with E-state index in [9.17, 15) is 4.79 Å². The second kappa shape index (κ2) is 38.0. The molecule has 6 heteroatoms. The highest BCUT2D eigenvalue weighted by Crippen LogP contribution is 2.17. The van der Waals surface area contributed by atoms with Gasteiger partial charge in [-0.2, -0.15) is 0 Å². The summed E-state index contributed by atoms with van der Waals surface area (Å²) >= 11 is 0. The molecule has 1 heterocycles. The molecule has 0 aromatic carbocycles. The predicted molar refractivity (Wildman–Crippen MR) is 215 cm³/mol. The molecular weight excluding hydrogens is 620 g/mol. The maximum Gasteiger partial charge on any atom is 0.272 e. The molecule has 1 aliphatic rings. The highest BCUT2D eigenvalue weighted by molar-refractivity contribution is 5.76. The van der Waals surface area contributed by atoms with E-state index >= 15 is 0 Å². The number of nitrogens with zero attached hydrogens (tertiary/aromatic N) is 1. The standard InChI is InChI=1S/C44H88N2O4/c1-3-5-7-9-11-13-15-17-19-21-23-25-27-29-31-33-37-46(43(47)36-35-39-48-44-49-41-42(40-45)50-44)38-34-32-30-28-26-24-22-20-18-16-14-12-10-8-6-4-2/h42,44H,3-41,45H2,1-2H3. The Morgan fingerprint density at radius 3 is 1.20 bits per heavy atom. The first-order chi connectivity index (χ1) is 24.7. The van der Waals surface area contributed by atoms with Gasteiger partial charge in [0.2, 0.25) is 5.91 Å². The zero-order valence-corrected chi connectivity index (χ0v) is 33.9. The van der Waals surface area contributed by atoms with Crippen molar-refractivity contribution in [2.75, 3.05) is 32.8 Å². The number of ether oxygens (including phenoxy) is 3. The van der Waals surface area contributed by atoms with Crippen LogP contribution in [0.3, 0.4) is 0 Å². The predicted octanol–water partition coefficient (Wildman–Crippen LogP) is 12.8. The van der Waals surface area contributed by atoms with E-state index < -0.39 is 6.48 Å². The molecular formula is C44H88N2O4. The summed E-state index contributed by atoms with van der Waals surface area (Å²) in [7, 11) is 0. The van der Waals surface area contributed by atoms with Crippen LogP contribution in [0.4, 0.5) is 0 Å². The second-order valence-corrected chi connectivity index (χ2v) is 15.6. The minimum atomic E-state index is -0.634. The first-order valence-corrected chi connectivity index (χ1v) is 22.6. The van der Waals surface area contributed by atoms with Crippen molar-refractivity contribution in [1.29, 1.82) is 0 Å². The van der Waals surface area contributed by atoms with Crippen molar-refractivity contribution in [3.63, 3.8) is 0 Å². The van der Waals surface area contributed by atoms with Crippen molar-refractivity contribution >= 4 is 5.91 Å². The van der Waals surface area contributed by atoms with Crippen molar-refractivity contribution in [2.24, 2.45) is 5.73 Å². The van der Waals surface area contributed by atoms with Crippen LogP contribution in [0.25, 0.3) is 0 Å². The van der Waals surface area contributed by atoms with Crippen molar-refractivity contribution in [2.45, 2.75) is 245 Å². The van der Waals surface area contributed by atoms with Gasteiger partial charge in [0, 0.05) is 26.1 Å². The molecule has 0 radical (unpaired) electrons. The largest absolute Gasteiger partial charge is 0.343 e. The summed E-state index contributed by atoms with van der Waals surface area (Å²) in [5.74, 6) is 0.281. The fraction of sp³-hybridized carbons (Fsp3) is 0.977. The highest BCUT2D eigenvalue weighted by Gasteiger charge is 2.25. The van der Waals surface area contributed by atoms with Crippen molar-refractivity contribution in [3.8, 4) is 0 Å². The van der Waals surface area contributed by atoms with Crippen LogP contribution in [0.15, 0.2) is 0 Å². The Labute approximate surface area is 312 Å². The molecule has 1 fully saturated rings. The van der Waals surface area contributed by atoms with Crippen LogP contribution < -0.4 is 5.73 Å². The Kier molecular flexibility index (Phi) is 36.0. The van der Waals surface area contributed by atoms with E-state index in [0.717, 1.165) is 25.9 Å². The molecule has 1 saturated heterocycles. The Morgan fingerprint density at radius 2 is 0.880 bits per heavy atom. The lowest BCUT2D eigenvalue weighted by Crippen LogP contribution is -2.33. The topological polar surface area (TPSA) is 74.0 Å². The average Bonchev–Trinajstić information content (AvgIpc) is 3.60. The van der Waals surface area contributed by atoms with Crippen LogP contribution in [-0.4, -0.2) is 56.2 Å². The average molecular weight is 709 g/mol. The van der Waals surface area contributed by atoms with E-state index in [4.69, 9.17) is 19.9 Å². The summed E-state index contributed by atoms with van der Waals surface area (Å²) in [5, 5.41) is 0. The Bertz CT molecular complexity index is 657. The third kappa shape index (κ3) is 30.9. The first-order valence-electron chi connectivity index (χ1n) is 22.6. The van der Waals surface area contributed by atoms with E-state index in [2.05, 4.69) is 18.7 Å². The lowest BCUT2D eigenvalue weighted by molar-refractivity contribution is -0.236. The summed E-state index contributed by atoms with van der Waals surface area (Å²) in [6.07, 6.45) is 45.1. The highest BCUT2D eigenvalue weighted by atomic mass is 16.9. The maximum atomic E-state index is 13.2. The van der Waals surface area contributed by atoms with Crippen molar-refractivity contribution in [1.82, 2.24) is 4.90 Å². The first kappa shape index (κ1) is 47.3. The molecule has 0 aliphatic carbocycles. The fourth-order valence-electron chi connectivity index (χ4n) is 7.26. The molecule has 2 N–H and O–H groups in total. The Balaban J connectivity index is 2.12. The van der Waals surface area contributed by atoms with Gasteiger partial charge in [-0.15, -0.1) is 0 Å². The molecule has 0 aromatic heterocycles. The molecule has 0 bridgehead atoms. The summed E-state index contributed by atoms with van der Waals surface area (Å²) in [4.78, 5) is 15.4. The van der Waals surface area contributed by atoms with Crippen LogP contribution in [0.2, 0.25) is 0 Å². The molecule has 0 aromatic rings. The van der Waals surface area contributed by atoms with Crippen molar-refractivity contribution < 1.29 is 19.0 Å². The van der Waals surface area contributed by atoms with Crippen molar-refractivity contribution in [3.05, 3.63) is 0 Å². The van der Waals surface area contributed by atoms with Gasteiger partial charge in [-0.25, -0.2) is 0 Å². The lowest BCUT2D eigenvalue weighted by atomic mass is 10.0. The molecule has 2 unspecified atom stereocenters. The number of rotatable bonds is 40. The van der Waals surface area contributed by atoms with Gasteiger partial charge in [0.05, 0.1) is 19.3 Å². The lowest BCUT2D eigenvalue weighted by Gasteiger charge is -2.23. The van der Waals surface area contributed by atoms with E-state index in [1.54, 1.807) is 0 Å². The zero-order valence-electron chi connectivity index (χ0n) is 33.9. The summed E-state index contributed by atoms with van der Waals surface area (Å²) in [6.45, 7) is 7.15. The van der Waals surface area contributed by atoms with Gasteiger partial charge >= 0.3 is 0 Å². The van der Waals surface area contributed by atoms with Gasteiger partial charge in [0.1, 0.15) is 0 Å². The van der Waals surface area contributed by atoms with E-state index in [1.807, 2.05) is 0 Å². The quantitative estimate of drug-likeness (QED) is 0.0641. The molecule has 50 heavy (non-hydrogen) atoms. The minimum Gasteiger partial charge on any atom is -0.343 e. The third-order valence-electron chi connectivity index (χ3n) is 10.7. The van der Waals surface area contributed by atoms with Gasteiger partial charge < -0.3 is 24.8 Å². The summed E-state index contributed by atoms with van der Waals surface area (Å²) in [5.41, 5.74) is 5.65. The van der Waals surface area contributed by atoms with Crippen LogP contribution in [0, 0.1) is 0 Å². The number of hydrogen-bond donors (Lipinski definition) is 1. The Hall–Kier alpha value is -0.690. The normalized spacial score (nSPS) is 16.1. The maximum absolute atomic E-state index is 13.2. The molecule has 2 atom stereocenters. The molecule has 0 spiro atoms. The SMILES string of the molecule is CCCCCCCCCCCCCCCCCCN(CCCCCCCCCCCCCCCCCC)C(=O)CCCOC1OCC(CN)O1. The smallest absolute Gasteiger partial charge is 0.272 e. The minimum absolute atomic E-state index is 0.0865. The van der Waals surface area contributed by atoms with Crippen LogP contribution in [0.1, 0.15) is 232 Å². The molecule has 6 nitrogen and oxygen atoms in total. The zero-order chi connectivity index (χ0) is 36.0. The fourth-order valence-corrected chi connectivity index (χ4v) is 7.26. The van der Waals surface area contributed by atoms with E-state index in [1.165, 1.54) is 193 Å². The number of unbranched alkanes of at least 4 members (excludes halogenated alkanes) is 30. The third-order valence-corrected chi connectivity index (χ3v) is 10.7. The van der Waals surface area contributed by atoms with E-state index in [0.29, 0.717) is 32.6 Å². The molecule has 1 amide bonds. The molecule has 1 rings (SSSR count). The number of nitrogens with two attached hydrogens (primary N) is 1. The van der Waals surface area contributed by atoms with Gasteiger partial charge in [0.15, 0.2) is 0 Å². The van der Waals surface area contributed by atoms with Crippen LogP contribution in [0.5, 0.6) is 0 Å². The number of carbonyl (C=O) groups excluding carboxylic acids is 1. The van der Waals surface area contributed by atoms with Crippen LogP contribution in [-0.2, 0) is 19.0 Å². The number of carbonyl (C=O) groups is 1. The molecule has 298 valence electrons. The Morgan fingerprint density at radius 1 is 0.540 bits per heavy atom. The van der Waals surface area contributed by atoms with Gasteiger partial charge in [0.25, 0.3) is 6.48 Å². The summed E-state index contributed by atoms with van der Waals surface area (Å²) in [6, 6.07) is 0. The van der Waals surface area contributed by atoms with Gasteiger partial charge in [-0.05, 0) is 19.3 Å². The van der Waals surface area contributed by atoms with Gasteiger partial charge in [-0.3, -0.25) is 4.79 Å². The number of hydrogen-bond acceptors (Lipinski definition) is 5. The van der Waals surface area contributed by atoms with E-state index in [-0.39, 0.29) is 12.0 Å². The number of amides is 1. The second-order valence-electron chi connectivity index (χ2n) is 15.6. The van der Waals surface area contributed by atoms with Gasteiger partial charge in [-0.1, -0.05) is 206 Å². The molecule has 0 saturated carbocycles. The monoisotopic (exact) mass is 709 g/mol.